The number of hydrogen-bond donors (Lipinski definition) is 3. The Hall–Kier alpha value is -2.53. The predicted octanol–water partition coefficient (Wildman–Crippen LogP) is 4.31. The lowest BCUT2D eigenvalue weighted by atomic mass is 10.0. The summed E-state index contributed by atoms with van der Waals surface area (Å²) in [6.07, 6.45) is 0.847. The van der Waals surface area contributed by atoms with E-state index >= 15 is 0 Å². The highest BCUT2D eigenvalue weighted by Gasteiger charge is 2.18. The molecule has 138 valence electrons. The summed E-state index contributed by atoms with van der Waals surface area (Å²) in [5.41, 5.74) is 1.75. The Morgan fingerprint density at radius 2 is 1.73 bits per heavy atom. The summed E-state index contributed by atoms with van der Waals surface area (Å²) in [5.74, 6) is -0.291. The molecule has 3 N–H and O–H groups in total. The van der Waals surface area contributed by atoms with Crippen LogP contribution in [0.5, 0.6) is 0 Å². The van der Waals surface area contributed by atoms with E-state index in [9.17, 15) is 9.59 Å². The highest BCUT2D eigenvalue weighted by Crippen LogP contribution is 2.15. The van der Waals surface area contributed by atoms with Crippen molar-refractivity contribution in [3.63, 3.8) is 0 Å². The molecule has 0 saturated heterocycles. The molecule has 0 unspecified atom stereocenters. The van der Waals surface area contributed by atoms with E-state index in [4.69, 9.17) is 11.6 Å². The number of carbonyl (C=O) groups excluding carboxylic acids is 2. The van der Waals surface area contributed by atoms with Gasteiger partial charge >= 0.3 is 0 Å². The molecule has 5 nitrogen and oxygen atoms in total. The van der Waals surface area contributed by atoms with Gasteiger partial charge in [-0.15, -0.1) is 0 Å². The SMILES string of the molecule is CCC(C)(C)NC(=O)c1ccc(NCC(=O)Nc2cccc(Cl)c2)cc1. The van der Waals surface area contributed by atoms with Crippen LogP contribution >= 0.6 is 11.6 Å². The first-order valence-electron chi connectivity index (χ1n) is 8.51. The van der Waals surface area contributed by atoms with Crippen molar-refractivity contribution in [1.29, 1.82) is 0 Å². The van der Waals surface area contributed by atoms with Crippen LogP contribution in [0.4, 0.5) is 11.4 Å². The van der Waals surface area contributed by atoms with Crippen LogP contribution in [0.3, 0.4) is 0 Å². The van der Waals surface area contributed by atoms with Crippen LogP contribution in [-0.2, 0) is 4.79 Å². The number of nitrogens with one attached hydrogen (secondary N) is 3. The van der Waals surface area contributed by atoms with E-state index in [2.05, 4.69) is 16.0 Å². The largest absolute Gasteiger partial charge is 0.376 e. The Balaban J connectivity index is 1.87. The molecule has 2 rings (SSSR count). The summed E-state index contributed by atoms with van der Waals surface area (Å²) in [6, 6.07) is 14.0. The highest BCUT2D eigenvalue weighted by atomic mass is 35.5. The second kappa shape index (κ2) is 8.72. The van der Waals surface area contributed by atoms with Crippen molar-refractivity contribution in [3.8, 4) is 0 Å². The highest BCUT2D eigenvalue weighted by molar-refractivity contribution is 6.30. The molecule has 0 atom stereocenters. The Bertz CT molecular complexity index is 773. The maximum Gasteiger partial charge on any atom is 0.251 e. The first kappa shape index (κ1) is 19.8. The number of rotatable bonds is 7. The van der Waals surface area contributed by atoms with Gasteiger partial charge < -0.3 is 16.0 Å². The summed E-state index contributed by atoms with van der Waals surface area (Å²) >= 11 is 5.89. The maximum atomic E-state index is 12.2. The molecule has 0 aliphatic rings. The average molecular weight is 374 g/mol. The summed E-state index contributed by atoms with van der Waals surface area (Å²) in [4.78, 5) is 24.2. The molecule has 0 heterocycles. The van der Waals surface area contributed by atoms with Crippen LogP contribution in [0, 0.1) is 0 Å². The Morgan fingerprint density at radius 1 is 1.04 bits per heavy atom. The smallest absolute Gasteiger partial charge is 0.251 e. The van der Waals surface area contributed by atoms with Crippen LogP contribution in [-0.4, -0.2) is 23.9 Å². The van der Waals surface area contributed by atoms with Gasteiger partial charge in [0.15, 0.2) is 0 Å². The lowest BCUT2D eigenvalue weighted by Crippen LogP contribution is -2.42. The summed E-state index contributed by atoms with van der Waals surface area (Å²) < 4.78 is 0. The molecule has 2 aromatic carbocycles. The third-order valence-electron chi connectivity index (χ3n) is 4.04. The molecular weight excluding hydrogens is 350 g/mol. The first-order chi connectivity index (χ1) is 12.3. The summed E-state index contributed by atoms with van der Waals surface area (Å²) in [7, 11) is 0. The van der Waals surface area contributed by atoms with E-state index < -0.39 is 0 Å². The van der Waals surface area contributed by atoms with Crippen molar-refractivity contribution in [3.05, 3.63) is 59.1 Å². The van der Waals surface area contributed by atoms with Crippen LogP contribution in [0.15, 0.2) is 48.5 Å². The molecule has 0 aliphatic heterocycles. The van der Waals surface area contributed by atoms with Crippen LogP contribution in [0.1, 0.15) is 37.6 Å². The minimum atomic E-state index is -0.244. The average Bonchev–Trinajstić information content (AvgIpc) is 2.60. The number of anilines is 2. The van der Waals surface area contributed by atoms with Crippen LogP contribution < -0.4 is 16.0 Å². The zero-order valence-corrected chi connectivity index (χ0v) is 16.0. The molecule has 0 spiro atoms. The molecule has 26 heavy (non-hydrogen) atoms. The lowest BCUT2D eigenvalue weighted by molar-refractivity contribution is -0.114. The second-order valence-electron chi connectivity index (χ2n) is 6.68. The van der Waals surface area contributed by atoms with Gasteiger partial charge in [0, 0.05) is 27.5 Å². The first-order valence-corrected chi connectivity index (χ1v) is 8.89. The van der Waals surface area contributed by atoms with Crippen molar-refractivity contribution in [2.24, 2.45) is 0 Å². The zero-order chi connectivity index (χ0) is 19.2. The molecule has 2 aromatic rings. The molecule has 0 bridgehead atoms. The summed E-state index contributed by atoms with van der Waals surface area (Å²) in [6.45, 7) is 6.11. The third kappa shape index (κ3) is 6.08. The van der Waals surface area contributed by atoms with Gasteiger partial charge in [0.05, 0.1) is 6.54 Å². The van der Waals surface area contributed by atoms with Gasteiger partial charge in [0.1, 0.15) is 0 Å². The Morgan fingerprint density at radius 3 is 2.35 bits per heavy atom. The van der Waals surface area contributed by atoms with Gasteiger partial charge in [-0.25, -0.2) is 0 Å². The molecule has 0 radical (unpaired) electrons. The standard InChI is InChI=1S/C20H24ClN3O2/c1-4-20(2,3)24-19(26)14-8-10-16(11-9-14)22-13-18(25)23-17-7-5-6-15(21)12-17/h5-12,22H,4,13H2,1-3H3,(H,23,25)(H,24,26). The number of amides is 2. The lowest BCUT2D eigenvalue weighted by Gasteiger charge is -2.24. The molecule has 2 amide bonds. The minimum Gasteiger partial charge on any atom is -0.376 e. The fraction of sp³-hybridized carbons (Fsp3) is 0.300. The van der Waals surface area contributed by atoms with Gasteiger partial charge in [0.2, 0.25) is 5.91 Å². The molecule has 0 aliphatic carbocycles. The number of halogens is 1. The fourth-order valence-corrected chi connectivity index (χ4v) is 2.35. The molecule has 0 fully saturated rings. The van der Waals surface area contributed by atoms with E-state index in [0.29, 0.717) is 16.3 Å². The van der Waals surface area contributed by atoms with E-state index in [1.807, 2.05) is 20.8 Å². The van der Waals surface area contributed by atoms with E-state index in [1.54, 1.807) is 48.5 Å². The zero-order valence-electron chi connectivity index (χ0n) is 15.2. The van der Waals surface area contributed by atoms with Gasteiger partial charge in [0.25, 0.3) is 5.91 Å². The molecule has 6 heteroatoms. The predicted molar refractivity (Wildman–Crippen MR) is 107 cm³/mol. The third-order valence-corrected chi connectivity index (χ3v) is 4.28. The van der Waals surface area contributed by atoms with Gasteiger partial charge in [-0.3, -0.25) is 9.59 Å². The molecule has 0 aromatic heterocycles. The topological polar surface area (TPSA) is 70.2 Å². The second-order valence-corrected chi connectivity index (χ2v) is 7.12. The molecule has 0 saturated carbocycles. The Labute approximate surface area is 159 Å². The summed E-state index contributed by atoms with van der Waals surface area (Å²) in [5, 5.41) is 9.35. The van der Waals surface area contributed by atoms with Crippen molar-refractivity contribution >= 4 is 34.8 Å². The quantitative estimate of drug-likeness (QED) is 0.677. The number of benzene rings is 2. The van der Waals surface area contributed by atoms with Crippen molar-refractivity contribution in [2.45, 2.75) is 32.7 Å². The van der Waals surface area contributed by atoms with Crippen molar-refractivity contribution < 1.29 is 9.59 Å². The number of hydrogen-bond acceptors (Lipinski definition) is 3. The van der Waals surface area contributed by atoms with Gasteiger partial charge in [-0.2, -0.15) is 0 Å². The van der Waals surface area contributed by atoms with E-state index in [0.717, 1.165) is 12.1 Å². The van der Waals surface area contributed by atoms with Gasteiger partial charge in [-0.1, -0.05) is 24.6 Å². The Kier molecular flexibility index (Phi) is 6.64. The maximum absolute atomic E-state index is 12.2. The minimum absolute atomic E-state index is 0.109. The fourth-order valence-electron chi connectivity index (χ4n) is 2.16. The monoisotopic (exact) mass is 373 g/mol. The van der Waals surface area contributed by atoms with E-state index in [-0.39, 0.29) is 23.9 Å². The van der Waals surface area contributed by atoms with E-state index in [1.165, 1.54) is 0 Å². The van der Waals surface area contributed by atoms with Crippen molar-refractivity contribution in [2.75, 3.05) is 17.2 Å². The van der Waals surface area contributed by atoms with Gasteiger partial charge in [-0.05, 0) is 62.7 Å². The van der Waals surface area contributed by atoms with Crippen LogP contribution in [0.2, 0.25) is 5.02 Å². The normalized spacial score (nSPS) is 10.9. The van der Waals surface area contributed by atoms with Crippen LogP contribution in [0.25, 0.3) is 0 Å². The number of carbonyl (C=O) groups is 2. The molecular formula is C20H24ClN3O2. The van der Waals surface area contributed by atoms with Crippen molar-refractivity contribution in [1.82, 2.24) is 5.32 Å².